The molecule has 5 nitrogen and oxygen atoms in total. The number of ether oxygens (including phenoxy) is 1. The van der Waals surface area contributed by atoms with Crippen molar-refractivity contribution in [2.24, 2.45) is 5.73 Å². The highest BCUT2D eigenvalue weighted by molar-refractivity contribution is 5.88. The average Bonchev–Trinajstić information content (AvgIpc) is 2.90. The SMILES string of the molecule is CCOC(=O)c1cnn(C(c2ccc(C)cc2)C(C)N)c1. The second-order valence-electron chi connectivity index (χ2n) is 5.14. The molecule has 0 aliphatic rings. The Bertz CT molecular complexity index is 602. The summed E-state index contributed by atoms with van der Waals surface area (Å²) in [6, 6.07) is 7.90. The first-order valence-electron chi connectivity index (χ1n) is 7.06. The van der Waals surface area contributed by atoms with Crippen molar-refractivity contribution in [2.45, 2.75) is 32.9 Å². The lowest BCUT2D eigenvalue weighted by Crippen LogP contribution is -2.30. The van der Waals surface area contributed by atoms with Crippen molar-refractivity contribution in [1.82, 2.24) is 9.78 Å². The normalized spacial score (nSPS) is 13.7. The number of rotatable bonds is 5. The van der Waals surface area contributed by atoms with Gasteiger partial charge in [0.25, 0.3) is 0 Å². The number of hydrogen-bond acceptors (Lipinski definition) is 4. The highest BCUT2D eigenvalue weighted by Gasteiger charge is 2.21. The standard InChI is InChI=1S/C16H21N3O2/c1-4-21-16(20)14-9-18-19(10-14)15(12(3)17)13-7-5-11(2)6-8-13/h5-10,12,15H,4,17H2,1-3H3. The minimum Gasteiger partial charge on any atom is -0.462 e. The molecule has 0 saturated carbocycles. The van der Waals surface area contributed by atoms with E-state index in [4.69, 9.17) is 10.5 Å². The van der Waals surface area contributed by atoms with E-state index >= 15 is 0 Å². The fourth-order valence-electron chi connectivity index (χ4n) is 2.27. The van der Waals surface area contributed by atoms with Crippen LogP contribution in [0.2, 0.25) is 0 Å². The number of carbonyl (C=O) groups excluding carboxylic acids is 1. The van der Waals surface area contributed by atoms with Crippen LogP contribution in [0.1, 0.15) is 41.4 Å². The van der Waals surface area contributed by atoms with Crippen LogP contribution in [0.5, 0.6) is 0 Å². The molecule has 0 aliphatic heterocycles. The first-order chi connectivity index (χ1) is 10.0. The van der Waals surface area contributed by atoms with Gasteiger partial charge < -0.3 is 10.5 Å². The van der Waals surface area contributed by atoms with Gasteiger partial charge in [-0.3, -0.25) is 4.68 Å². The number of carbonyl (C=O) groups is 1. The lowest BCUT2D eigenvalue weighted by atomic mass is 10.00. The van der Waals surface area contributed by atoms with E-state index < -0.39 is 0 Å². The number of aromatic nitrogens is 2. The van der Waals surface area contributed by atoms with E-state index in [1.165, 1.54) is 11.8 Å². The lowest BCUT2D eigenvalue weighted by molar-refractivity contribution is 0.0526. The van der Waals surface area contributed by atoms with Gasteiger partial charge in [0.05, 0.1) is 24.4 Å². The second kappa shape index (κ2) is 6.54. The van der Waals surface area contributed by atoms with Crippen LogP contribution in [0.15, 0.2) is 36.7 Å². The van der Waals surface area contributed by atoms with E-state index in [-0.39, 0.29) is 18.1 Å². The molecule has 2 N–H and O–H groups in total. The van der Waals surface area contributed by atoms with Crippen molar-refractivity contribution >= 4 is 5.97 Å². The number of hydrogen-bond donors (Lipinski definition) is 1. The number of aryl methyl sites for hydroxylation is 1. The third-order valence-electron chi connectivity index (χ3n) is 3.31. The zero-order chi connectivity index (χ0) is 15.4. The molecule has 1 aromatic carbocycles. The second-order valence-corrected chi connectivity index (χ2v) is 5.14. The van der Waals surface area contributed by atoms with Crippen LogP contribution in [-0.2, 0) is 4.74 Å². The van der Waals surface area contributed by atoms with Crippen LogP contribution < -0.4 is 5.73 Å². The maximum atomic E-state index is 11.7. The molecule has 2 atom stereocenters. The smallest absolute Gasteiger partial charge is 0.341 e. The summed E-state index contributed by atoms with van der Waals surface area (Å²) in [5, 5.41) is 4.28. The van der Waals surface area contributed by atoms with Crippen LogP contribution >= 0.6 is 0 Å². The van der Waals surface area contributed by atoms with E-state index in [0.717, 1.165) is 5.56 Å². The Morgan fingerprint density at radius 1 is 1.38 bits per heavy atom. The zero-order valence-electron chi connectivity index (χ0n) is 12.6. The van der Waals surface area contributed by atoms with Gasteiger partial charge in [-0.2, -0.15) is 5.10 Å². The predicted octanol–water partition coefficient (Wildman–Crippen LogP) is 2.30. The third kappa shape index (κ3) is 3.49. The summed E-state index contributed by atoms with van der Waals surface area (Å²) in [4.78, 5) is 11.7. The fourth-order valence-corrected chi connectivity index (χ4v) is 2.27. The predicted molar refractivity (Wildman–Crippen MR) is 81.2 cm³/mol. The van der Waals surface area contributed by atoms with Crippen molar-refractivity contribution in [3.05, 3.63) is 53.3 Å². The summed E-state index contributed by atoms with van der Waals surface area (Å²) in [7, 11) is 0. The quantitative estimate of drug-likeness (QED) is 0.857. The van der Waals surface area contributed by atoms with E-state index in [9.17, 15) is 4.79 Å². The van der Waals surface area contributed by atoms with Gasteiger partial charge in [-0.15, -0.1) is 0 Å². The minimum absolute atomic E-state index is 0.117. The Morgan fingerprint density at radius 3 is 2.62 bits per heavy atom. The Balaban J connectivity index is 2.31. The van der Waals surface area contributed by atoms with E-state index in [0.29, 0.717) is 12.2 Å². The number of nitrogens with two attached hydrogens (primary N) is 1. The fraction of sp³-hybridized carbons (Fsp3) is 0.375. The topological polar surface area (TPSA) is 70.1 Å². The molecule has 0 fully saturated rings. The number of benzene rings is 1. The lowest BCUT2D eigenvalue weighted by Gasteiger charge is -2.22. The first kappa shape index (κ1) is 15.3. The summed E-state index contributed by atoms with van der Waals surface area (Å²) >= 11 is 0. The van der Waals surface area contributed by atoms with Gasteiger partial charge >= 0.3 is 5.97 Å². The Hall–Kier alpha value is -2.14. The molecule has 2 aromatic rings. The van der Waals surface area contributed by atoms with Gasteiger partial charge in [0.15, 0.2) is 0 Å². The Labute approximate surface area is 124 Å². The molecular weight excluding hydrogens is 266 g/mol. The molecule has 0 bridgehead atoms. The van der Waals surface area contributed by atoms with Gasteiger partial charge in [0, 0.05) is 12.2 Å². The molecule has 112 valence electrons. The molecule has 0 saturated heterocycles. The largest absolute Gasteiger partial charge is 0.462 e. The minimum atomic E-state index is -0.365. The van der Waals surface area contributed by atoms with Gasteiger partial charge in [0.1, 0.15) is 0 Å². The molecule has 0 amide bonds. The molecule has 1 heterocycles. The van der Waals surface area contributed by atoms with Crippen molar-refractivity contribution < 1.29 is 9.53 Å². The number of nitrogens with zero attached hydrogens (tertiary/aromatic N) is 2. The van der Waals surface area contributed by atoms with Crippen molar-refractivity contribution in [3.8, 4) is 0 Å². The number of esters is 1. The maximum absolute atomic E-state index is 11.7. The van der Waals surface area contributed by atoms with E-state index in [1.54, 1.807) is 17.8 Å². The third-order valence-corrected chi connectivity index (χ3v) is 3.31. The highest BCUT2D eigenvalue weighted by atomic mass is 16.5. The molecule has 2 unspecified atom stereocenters. The van der Waals surface area contributed by atoms with Gasteiger partial charge in [0.2, 0.25) is 0 Å². The van der Waals surface area contributed by atoms with Gasteiger partial charge in [-0.05, 0) is 26.3 Å². The molecule has 1 aromatic heterocycles. The summed E-state index contributed by atoms with van der Waals surface area (Å²) in [6.45, 7) is 6.09. The van der Waals surface area contributed by atoms with E-state index in [1.807, 2.05) is 38.1 Å². The molecule has 0 radical (unpaired) electrons. The summed E-state index contributed by atoms with van der Waals surface area (Å²) in [5.41, 5.74) is 8.80. The molecule has 0 spiro atoms. The monoisotopic (exact) mass is 287 g/mol. The summed E-state index contributed by atoms with van der Waals surface area (Å²) in [5.74, 6) is -0.365. The molecule has 2 rings (SSSR count). The highest BCUT2D eigenvalue weighted by Crippen LogP contribution is 2.21. The van der Waals surface area contributed by atoms with Crippen LogP contribution in [0.25, 0.3) is 0 Å². The molecule has 5 heteroatoms. The van der Waals surface area contributed by atoms with Gasteiger partial charge in [-0.1, -0.05) is 29.8 Å². The Kier molecular flexibility index (Phi) is 4.75. The van der Waals surface area contributed by atoms with Crippen LogP contribution in [-0.4, -0.2) is 28.4 Å². The van der Waals surface area contributed by atoms with Crippen molar-refractivity contribution in [2.75, 3.05) is 6.61 Å². The summed E-state index contributed by atoms with van der Waals surface area (Å²) in [6.07, 6.45) is 3.20. The molecule has 21 heavy (non-hydrogen) atoms. The molecule has 0 aliphatic carbocycles. The first-order valence-corrected chi connectivity index (χ1v) is 7.06. The average molecular weight is 287 g/mol. The van der Waals surface area contributed by atoms with E-state index in [2.05, 4.69) is 5.10 Å². The summed E-state index contributed by atoms with van der Waals surface area (Å²) < 4.78 is 6.70. The van der Waals surface area contributed by atoms with Crippen LogP contribution in [0.4, 0.5) is 0 Å². The van der Waals surface area contributed by atoms with Gasteiger partial charge in [-0.25, -0.2) is 4.79 Å². The maximum Gasteiger partial charge on any atom is 0.341 e. The van der Waals surface area contributed by atoms with Crippen LogP contribution in [0, 0.1) is 6.92 Å². The van der Waals surface area contributed by atoms with Crippen molar-refractivity contribution in [1.29, 1.82) is 0 Å². The zero-order valence-corrected chi connectivity index (χ0v) is 12.6. The van der Waals surface area contributed by atoms with Crippen molar-refractivity contribution in [3.63, 3.8) is 0 Å². The van der Waals surface area contributed by atoms with Crippen LogP contribution in [0.3, 0.4) is 0 Å². The Morgan fingerprint density at radius 2 is 2.05 bits per heavy atom. The molecular formula is C16H21N3O2.